The first-order valence-corrected chi connectivity index (χ1v) is 5.50. The van der Waals surface area contributed by atoms with E-state index in [4.69, 9.17) is 4.52 Å². The Morgan fingerprint density at radius 2 is 2.00 bits per heavy atom. The standard InChI is InChI=1S/C11H17N3O3/c1-7(2)10(15)12-4-5-13-11(16)9-6-8(3)14-17-9/h6-7H,4-5H2,1-3H3,(H,12,15)(H,13,16). The van der Waals surface area contributed by atoms with Crippen molar-refractivity contribution in [3.8, 4) is 0 Å². The summed E-state index contributed by atoms with van der Waals surface area (Å²) in [6.07, 6.45) is 0. The maximum atomic E-state index is 11.5. The topological polar surface area (TPSA) is 84.2 Å². The molecule has 0 atom stereocenters. The van der Waals surface area contributed by atoms with E-state index in [9.17, 15) is 9.59 Å². The second kappa shape index (κ2) is 6.03. The largest absolute Gasteiger partial charge is 0.354 e. The smallest absolute Gasteiger partial charge is 0.289 e. The minimum Gasteiger partial charge on any atom is -0.354 e. The lowest BCUT2D eigenvalue weighted by Gasteiger charge is -2.07. The maximum absolute atomic E-state index is 11.5. The van der Waals surface area contributed by atoms with E-state index in [1.165, 1.54) is 0 Å². The SMILES string of the molecule is Cc1cc(C(=O)NCCNC(=O)C(C)C)on1. The van der Waals surface area contributed by atoms with Crippen LogP contribution in [0.4, 0.5) is 0 Å². The summed E-state index contributed by atoms with van der Waals surface area (Å²) >= 11 is 0. The van der Waals surface area contributed by atoms with Crippen LogP contribution in [-0.2, 0) is 4.79 Å². The highest BCUT2D eigenvalue weighted by Crippen LogP contribution is 2.00. The van der Waals surface area contributed by atoms with Crippen LogP contribution in [0.2, 0.25) is 0 Å². The molecule has 0 saturated carbocycles. The first-order chi connectivity index (χ1) is 8.00. The van der Waals surface area contributed by atoms with Gasteiger partial charge in [-0.1, -0.05) is 19.0 Å². The molecule has 94 valence electrons. The van der Waals surface area contributed by atoms with Crippen molar-refractivity contribution < 1.29 is 14.1 Å². The van der Waals surface area contributed by atoms with E-state index in [-0.39, 0.29) is 23.5 Å². The minimum atomic E-state index is -0.329. The highest BCUT2D eigenvalue weighted by molar-refractivity contribution is 5.91. The van der Waals surface area contributed by atoms with E-state index in [2.05, 4.69) is 15.8 Å². The fourth-order valence-electron chi connectivity index (χ4n) is 1.12. The van der Waals surface area contributed by atoms with Crippen molar-refractivity contribution in [3.05, 3.63) is 17.5 Å². The number of hydrogen-bond donors (Lipinski definition) is 2. The normalized spacial score (nSPS) is 10.4. The highest BCUT2D eigenvalue weighted by Gasteiger charge is 2.11. The van der Waals surface area contributed by atoms with Gasteiger partial charge in [-0.3, -0.25) is 9.59 Å². The predicted molar refractivity (Wildman–Crippen MR) is 61.4 cm³/mol. The minimum absolute atomic E-state index is 0.0326. The van der Waals surface area contributed by atoms with Crippen LogP contribution < -0.4 is 10.6 Å². The molecule has 0 aromatic carbocycles. The van der Waals surface area contributed by atoms with Crippen molar-refractivity contribution in [2.45, 2.75) is 20.8 Å². The molecule has 6 heteroatoms. The Kier molecular flexibility index (Phi) is 4.68. The van der Waals surface area contributed by atoms with E-state index in [1.54, 1.807) is 13.0 Å². The first-order valence-electron chi connectivity index (χ1n) is 5.50. The molecule has 1 aromatic heterocycles. The van der Waals surface area contributed by atoms with Gasteiger partial charge in [-0.15, -0.1) is 0 Å². The molecule has 0 saturated heterocycles. The third-order valence-corrected chi connectivity index (χ3v) is 2.09. The summed E-state index contributed by atoms with van der Waals surface area (Å²) in [5.41, 5.74) is 0.656. The molecule has 2 amide bonds. The second-order valence-electron chi connectivity index (χ2n) is 4.03. The van der Waals surface area contributed by atoms with Gasteiger partial charge in [-0.25, -0.2) is 0 Å². The van der Waals surface area contributed by atoms with E-state index in [0.717, 1.165) is 0 Å². The zero-order chi connectivity index (χ0) is 12.8. The van der Waals surface area contributed by atoms with E-state index in [1.807, 2.05) is 13.8 Å². The molecule has 0 unspecified atom stereocenters. The summed E-state index contributed by atoms with van der Waals surface area (Å²) in [6.45, 7) is 6.12. The molecule has 0 aliphatic carbocycles. The zero-order valence-corrected chi connectivity index (χ0v) is 10.2. The van der Waals surface area contributed by atoms with Gasteiger partial charge in [0.1, 0.15) is 0 Å². The van der Waals surface area contributed by atoms with Crippen LogP contribution in [0.25, 0.3) is 0 Å². The lowest BCUT2D eigenvalue weighted by Crippen LogP contribution is -2.36. The van der Waals surface area contributed by atoms with Gasteiger partial charge in [0.2, 0.25) is 11.7 Å². The number of carbonyl (C=O) groups is 2. The highest BCUT2D eigenvalue weighted by atomic mass is 16.5. The van der Waals surface area contributed by atoms with Gasteiger partial charge in [0.25, 0.3) is 5.91 Å². The summed E-state index contributed by atoms with van der Waals surface area (Å²) in [5.74, 6) is -0.237. The van der Waals surface area contributed by atoms with Crippen molar-refractivity contribution >= 4 is 11.8 Å². The molecular weight excluding hydrogens is 222 g/mol. The van der Waals surface area contributed by atoms with Gasteiger partial charge in [-0.2, -0.15) is 0 Å². The van der Waals surface area contributed by atoms with Crippen LogP contribution in [0.1, 0.15) is 30.1 Å². The molecule has 0 bridgehead atoms. The fraction of sp³-hybridized carbons (Fsp3) is 0.545. The first kappa shape index (κ1) is 13.2. The number of rotatable bonds is 5. The molecule has 0 aliphatic rings. The van der Waals surface area contributed by atoms with Crippen molar-refractivity contribution in [3.63, 3.8) is 0 Å². The summed E-state index contributed by atoms with van der Waals surface area (Å²) in [7, 11) is 0. The van der Waals surface area contributed by atoms with Crippen LogP contribution >= 0.6 is 0 Å². The van der Waals surface area contributed by atoms with E-state index < -0.39 is 0 Å². The van der Waals surface area contributed by atoms with Gasteiger partial charge in [0, 0.05) is 25.1 Å². The van der Waals surface area contributed by atoms with Crippen molar-refractivity contribution in [1.82, 2.24) is 15.8 Å². The van der Waals surface area contributed by atoms with Crippen molar-refractivity contribution in [1.29, 1.82) is 0 Å². The molecule has 1 heterocycles. The van der Waals surface area contributed by atoms with Crippen LogP contribution in [-0.4, -0.2) is 30.1 Å². The number of hydrogen-bond acceptors (Lipinski definition) is 4. The maximum Gasteiger partial charge on any atom is 0.289 e. The lowest BCUT2D eigenvalue weighted by atomic mass is 10.2. The number of amides is 2. The van der Waals surface area contributed by atoms with Gasteiger partial charge < -0.3 is 15.2 Å². The average Bonchev–Trinajstić information content (AvgIpc) is 2.70. The molecule has 0 spiro atoms. The Balaban J connectivity index is 2.23. The molecule has 0 radical (unpaired) electrons. The third-order valence-electron chi connectivity index (χ3n) is 2.09. The molecule has 0 fully saturated rings. The molecule has 6 nitrogen and oxygen atoms in total. The quantitative estimate of drug-likeness (QED) is 0.732. The summed E-state index contributed by atoms with van der Waals surface area (Å²) in [4.78, 5) is 22.7. The van der Waals surface area contributed by atoms with Gasteiger partial charge in [-0.05, 0) is 6.92 Å². The van der Waals surface area contributed by atoms with E-state index >= 15 is 0 Å². The number of aromatic nitrogens is 1. The Bertz CT molecular complexity index is 398. The molecule has 1 rings (SSSR count). The number of carbonyl (C=O) groups excluding carboxylic acids is 2. The summed E-state index contributed by atoms with van der Waals surface area (Å²) < 4.78 is 4.79. The fourth-order valence-corrected chi connectivity index (χ4v) is 1.12. The van der Waals surface area contributed by atoms with Crippen LogP contribution in [0, 0.1) is 12.8 Å². The molecule has 2 N–H and O–H groups in total. The molecular formula is C11H17N3O3. The van der Waals surface area contributed by atoms with Crippen molar-refractivity contribution in [2.24, 2.45) is 5.92 Å². The molecule has 1 aromatic rings. The Morgan fingerprint density at radius 1 is 1.35 bits per heavy atom. The number of nitrogens with one attached hydrogen (secondary N) is 2. The Morgan fingerprint density at radius 3 is 2.53 bits per heavy atom. The van der Waals surface area contributed by atoms with Crippen LogP contribution in [0.5, 0.6) is 0 Å². The summed E-state index contributed by atoms with van der Waals surface area (Å²) in [6, 6.07) is 1.56. The van der Waals surface area contributed by atoms with Gasteiger partial charge >= 0.3 is 0 Å². The second-order valence-corrected chi connectivity index (χ2v) is 4.03. The molecule has 0 aliphatic heterocycles. The zero-order valence-electron chi connectivity index (χ0n) is 10.2. The predicted octanol–water partition coefficient (Wildman–Crippen LogP) is 0.485. The molecule has 17 heavy (non-hydrogen) atoms. The van der Waals surface area contributed by atoms with E-state index in [0.29, 0.717) is 18.8 Å². The monoisotopic (exact) mass is 239 g/mol. The van der Waals surface area contributed by atoms with Gasteiger partial charge in [0.15, 0.2) is 0 Å². The Labute approximate surface area is 99.7 Å². The summed E-state index contributed by atoms with van der Waals surface area (Å²) in [5, 5.41) is 8.93. The average molecular weight is 239 g/mol. The Hall–Kier alpha value is -1.85. The lowest BCUT2D eigenvalue weighted by molar-refractivity contribution is -0.123. The van der Waals surface area contributed by atoms with Crippen LogP contribution in [0.15, 0.2) is 10.6 Å². The van der Waals surface area contributed by atoms with Crippen molar-refractivity contribution in [2.75, 3.05) is 13.1 Å². The van der Waals surface area contributed by atoms with Gasteiger partial charge in [0.05, 0.1) is 5.69 Å². The number of aryl methyl sites for hydroxylation is 1. The van der Waals surface area contributed by atoms with Crippen LogP contribution in [0.3, 0.4) is 0 Å². The third kappa shape index (κ3) is 4.26. The number of nitrogens with zero attached hydrogens (tertiary/aromatic N) is 1.